The summed E-state index contributed by atoms with van der Waals surface area (Å²) in [5.74, 6) is -2.72. The minimum atomic E-state index is -0.712. The second-order valence-electron chi connectivity index (χ2n) is 10.6. The lowest BCUT2D eigenvalue weighted by Crippen LogP contribution is -2.05. The Balaban J connectivity index is 0.000000183. The molecule has 0 unspecified atom stereocenters. The molecule has 0 amide bonds. The predicted octanol–water partition coefficient (Wildman–Crippen LogP) is 9.75. The van der Waals surface area contributed by atoms with Gasteiger partial charge in [-0.3, -0.25) is 0 Å². The number of hydrogen-bond donors (Lipinski definition) is 1. The van der Waals surface area contributed by atoms with Crippen LogP contribution in [-0.2, 0) is 0 Å². The van der Waals surface area contributed by atoms with Gasteiger partial charge >= 0.3 is 0 Å². The van der Waals surface area contributed by atoms with E-state index in [2.05, 4.69) is 24.9 Å². The Kier molecular flexibility index (Phi) is 12.4. The van der Waals surface area contributed by atoms with Crippen molar-refractivity contribution in [3.05, 3.63) is 112 Å². The molecule has 5 heterocycles. The van der Waals surface area contributed by atoms with Crippen molar-refractivity contribution >= 4 is 34.1 Å². The molecule has 0 saturated heterocycles. The summed E-state index contributed by atoms with van der Waals surface area (Å²) in [6.45, 7) is 12.9. The average Bonchev–Trinajstić information content (AvgIpc) is 3.64. The zero-order chi connectivity index (χ0) is 34.1. The molecule has 0 radical (unpaired) electrons. The molecule has 0 spiro atoms. The number of aromatic nitrogens is 2. The molecule has 2 aromatic heterocycles. The van der Waals surface area contributed by atoms with E-state index in [-0.39, 0.29) is 28.5 Å². The first kappa shape index (κ1) is 35.7. The fraction of sp³-hybridized carbons (Fsp3) is 0.286. The molecule has 6 nitrogen and oxygen atoms in total. The van der Waals surface area contributed by atoms with E-state index in [0.717, 1.165) is 11.3 Å². The van der Waals surface area contributed by atoms with Crippen molar-refractivity contribution in [1.82, 2.24) is 9.97 Å². The number of nitrogen functional groups attached to an aromatic ring is 1. The first-order valence-electron chi connectivity index (χ1n) is 14.7. The normalized spacial score (nSPS) is 15.3. The number of aryl methyl sites for hydroxylation is 2. The molecule has 242 valence electrons. The number of aliphatic imine (C=N–C) groups is 3. The van der Waals surface area contributed by atoms with Gasteiger partial charge in [0.1, 0.15) is 5.82 Å². The van der Waals surface area contributed by atoms with Gasteiger partial charge in [-0.15, -0.1) is 0 Å². The van der Waals surface area contributed by atoms with E-state index in [0.29, 0.717) is 47.5 Å². The number of rotatable bonds is 3. The monoisotopic (exact) mass is 636 g/mol. The smallest absolute Gasteiger partial charge is 0.223 e. The summed E-state index contributed by atoms with van der Waals surface area (Å²) in [6, 6.07) is 14.0. The summed E-state index contributed by atoms with van der Waals surface area (Å²) in [4.78, 5) is 18.2. The zero-order valence-electron chi connectivity index (χ0n) is 26.9. The molecule has 3 aliphatic rings. The van der Waals surface area contributed by atoms with Crippen LogP contribution in [0.3, 0.4) is 0 Å². The highest BCUT2D eigenvalue weighted by atomic mass is 19.1. The second-order valence-corrected chi connectivity index (χ2v) is 10.6. The number of benzene rings is 1. The molecule has 46 heavy (non-hydrogen) atoms. The highest BCUT2D eigenvalue weighted by Crippen LogP contribution is 2.32. The summed E-state index contributed by atoms with van der Waals surface area (Å²) in [6.07, 6.45) is 1.30. The largest absolute Gasteiger partial charge is 0.384 e. The minimum Gasteiger partial charge on any atom is -0.384 e. The first-order valence-corrected chi connectivity index (χ1v) is 14.7. The van der Waals surface area contributed by atoms with Gasteiger partial charge in [0.05, 0.1) is 11.3 Å². The van der Waals surface area contributed by atoms with E-state index >= 15 is 0 Å². The van der Waals surface area contributed by atoms with Crippen molar-refractivity contribution in [3.8, 4) is 0 Å². The third-order valence-electron chi connectivity index (χ3n) is 6.85. The first-order chi connectivity index (χ1) is 21.8. The molecular weight excluding hydrogens is 599 g/mol. The molecular formula is C35H37F5N6. The molecule has 3 aromatic rings. The highest BCUT2D eigenvalue weighted by molar-refractivity contribution is 6.04. The van der Waals surface area contributed by atoms with Crippen molar-refractivity contribution < 1.29 is 22.0 Å². The molecule has 11 heteroatoms. The van der Waals surface area contributed by atoms with Crippen LogP contribution in [0.4, 0.5) is 27.8 Å². The number of anilines is 1. The second kappa shape index (κ2) is 16.0. The molecule has 3 aliphatic heterocycles. The van der Waals surface area contributed by atoms with Gasteiger partial charge in [0.15, 0.2) is 0 Å². The Labute approximate surface area is 266 Å². The highest BCUT2D eigenvalue weighted by Gasteiger charge is 2.21. The molecule has 2 N–H and O–H groups in total. The molecule has 0 atom stereocenters. The van der Waals surface area contributed by atoms with Crippen LogP contribution in [0.25, 0.3) is 11.1 Å². The zero-order valence-corrected chi connectivity index (χ0v) is 26.9. The lowest BCUT2D eigenvalue weighted by molar-refractivity contribution is 0.573. The molecule has 1 aromatic carbocycles. The molecule has 0 aliphatic carbocycles. The van der Waals surface area contributed by atoms with Gasteiger partial charge in [-0.1, -0.05) is 43.7 Å². The van der Waals surface area contributed by atoms with Crippen molar-refractivity contribution in [2.75, 3.05) is 5.73 Å². The van der Waals surface area contributed by atoms with Crippen molar-refractivity contribution in [2.45, 2.75) is 67.7 Å². The van der Waals surface area contributed by atoms with E-state index in [9.17, 15) is 22.0 Å². The Hall–Kier alpha value is -4.80. The molecule has 0 saturated carbocycles. The van der Waals surface area contributed by atoms with Crippen LogP contribution >= 0.6 is 0 Å². The Morgan fingerprint density at radius 1 is 0.565 bits per heavy atom. The summed E-state index contributed by atoms with van der Waals surface area (Å²) in [7, 11) is 0. The van der Waals surface area contributed by atoms with Crippen LogP contribution in [0.5, 0.6) is 0 Å². The number of hydrogen-bond acceptors (Lipinski definition) is 6. The van der Waals surface area contributed by atoms with Gasteiger partial charge in [0, 0.05) is 53.1 Å². The number of allylic oxidation sites excluding steroid dienone is 3. The third kappa shape index (κ3) is 9.12. The minimum absolute atomic E-state index is 0.0972. The summed E-state index contributed by atoms with van der Waals surface area (Å²) in [5.41, 5.74) is 11.8. The van der Waals surface area contributed by atoms with Gasteiger partial charge in [-0.05, 0) is 70.0 Å². The third-order valence-corrected chi connectivity index (χ3v) is 6.85. The van der Waals surface area contributed by atoms with Gasteiger partial charge < -0.3 is 5.73 Å². The van der Waals surface area contributed by atoms with Crippen molar-refractivity contribution in [3.63, 3.8) is 0 Å². The number of nitrogens with two attached hydrogens (primary N) is 1. The number of halogens is 5. The van der Waals surface area contributed by atoms with Crippen molar-refractivity contribution in [2.24, 2.45) is 15.0 Å². The number of pyridine rings is 2. The summed E-state index contributed by atoms with van der Waals surface area (Å²) in [5, 5.41) is 0. The van der Waals surface area contributed by atoms with Crippen LogP contribution in [0.15, 0.2) is 86.9 Å². The van der Waals surface area contributed by atoms with E-state index in [4.69, 9.17) is 5.73 Å². The van der Waals surface area contributed by atoms with Crippen LogP contribution in [-0.4, -0.2) is 27.1 Å². The van der Waals surface area contributed by atoms with Gasteiger partial charge in [-0.25, -0.2) is 24.9 Å². The molecule has 0 bridgehead atoms. The Morgan fingerprint density at radius 2 is 1.11 bits per heavy atom. The molecule has 6 rings (SSSR count). The van der Waals surface area contributed by atoms with Crippen LogP contribution in [0.1, 0.15) is 81.8 Å². The van der Waals surface area contributed by atoms with E-state index in [1.54, 1.807) is 32.9 Å². The average molecular weight is 637 g/mol. The maximum Gasteiger partial charge on any atom is 0.223 e. The lowest BCUT2D eigenvalue weighted by Gasteiger charge is -2.03. The maximum atomic E-state index is 13.4. The van der Waals surface area contributed by atoms with Crippen LogP contribution in [0, 0.1) is 25.7 Å². The van der Waals surface area contributed by atoms with E-state index < -0.39 is 23.8 Å². The van der Waals surface area contributed by atoms with Crippen LogP contribution < -0.4 is 5.73 Å². The van der Waals surface area contributed by atoms with E-state index in [1.165, 1.54) is 17.7 Å². The van der Waals surface area contributed by atoms with E-state index in [1.807, 2.05) is 52.0 Å². The van der Waals surface area contributed by atoms with Crippen LogP contribution in [0.2, 0.25) is 0 Å². The van der Waals surface area contributed by atoms with Gasteiger partial charge in [0.25, 0.3) is 0 Å². The fourth-order valence-electron chi connectivity index (χ4n) is 4.54. The summed E-state index contributed by atoms with van der Waals surface area (Å²) >= 11 is 0. The van der Waals surface area contributed by atoms with Gasteiger partial charge in [0.2, 0.25) is 29.7 Å². The Bertz CT molecular complexity index is 1780. The van der Waals surface area contributed by atoms with Crippen molar-refractivity contribution in [1.29, 1.82) is 0 Å². The quantitative estimate of drug-likeness (QED) is 0.176. The number of nitrogens with zero attached hydrogens (tertiary/aromatic N) is 5. The Morgan fingerprint density at radius 3 is 1.59 bits per heavy atom. The maximum absolute atomic E-state index is 13.4. The SMILES string of the molecule is CC.CC1=C(F)N=C(c2ccc(N)nc2F)C1.CC1=NC(F)=C(c2ccc(C)cc2)C1.CC1=NC(F)=C(c2ccc(C)nc2F)C1. The standard InChI is InChI=1S/C12H12FN.C11H10F2N2.C10H9F2N3.C2H6/c1-8-3-5-10(6-4-8)11-7-9(2)14-12(11)13;1-6-3-4-8(10(12)14-6)9-5-7(2)15-11(9)13;1-5-4-7(14-9(5)11)6-2-3-8(13)15-10(6)12;1-2/h3-6H,7H2,1-2H3;3-4H,5H2,1-2H3;2-3H,4H2,1H3,(H2,13,15);1-2H3. The topological polar surface area (TPSA) is 88.9 Å². The lowest BCUT2D eigenvalue weighted by atomic mass is 10.0. The molecule has 0 fully saturated rings. The summed E-state index contributed by atoms with van der Waals surface area (Å²) < 4.78 is 66.4. The predicted molar refractivity (Wildman–Crippen MR) is 177 cm³/mol. The fourth-order valence-corrected chi connectivity index (χ4v) is 4.54. The van der Waals surface area contributed by atoms with Gasteiger partial charge in [-0.2, -0.15) is 22.0 Å².